The first-order chi connectivity index (χ1) is 12.6. The van der Waals surface area contributed by atoms with Gasteiger partial charge in [0.25, 0.3) is 0 Å². The fourth-order valence-electron chi connectivity index (χ4n) is 4.18. The summed E-state index contributed by atoms with van der Waals surface area (Å²) in [5.41, 5.74) is 7.93. The van der Waals surface area contributed by atoms with Gasteiger partial charge in [0.15, 0.2) is 5.78 Å². The number of anilines is 1. The number of phenols is 1. The molecule has 2 aliphatic carbocycles. The van der Waals surface area contributed by atoms with Gasteiger partial charge in [0.1, 0.15) is 5.75 Å². The Bertz CT molecular complexity index is 713. The van der Waals surface area contributed by atoms with E-state index in [1.54, 1.807) is 18.2 Å². The first-order valence-corrected chi connectivity index (χ1v) is 10.0. The minimum Gasteiger partial charge on any atom is -0.507 e. The molecular weight excluding hydrogens is 324 g/mol. The molecule has 1 aromatic carbocycles. The van der Waals surface area contributed by atoms with Gasteiger partial charge in [0.2, 0.25) is 0 Å². The van der Waals surface area contributed by atoms with Gasteiger partial charge in [-0.1, -0.05) is 39.0 Å². The molecular formula is C22H30N2O2. The van der Waals surface area contributed by atoms with Crippen molar-refractivity contribution in [3.63, 3.8) is 0 Å². The second-order valence-electron chi connectivity index (χ2n) is 7.66. The molecule has 0 saturated heterocycles. The number of carbonyl (C=O) groups excluding carboxylic acids is 1. The van der Waals surface area contributed by atoms with Crippen molar-refractivity contribution < 1.29 is 9.90 Å². The molecule has 4 heteroatoms. The number of nitrogens with zero attached hydrogens (tertiary/aromatic N) is 1. The number of allylic oxidation sites excluding steroid dienone is 2. The molecule has 3 N–H and O–H groups in total. The molecule has 4 nitrogen and oxygen atoms in total. The van der Waals surface area contributed by atoms with Crippen molar-refractivity contribution in [3.05, 3.63) is 35.4 Å². The lowest BCUT2D eigenvalue weighted by Crippen LogP contribution is -2.21. The second kappa shape index (κ2) is 8.52. The van der Waals surface area contributed by atoms with Gasteiger partial charge in [-0.25, -0.2) is 0 Å². The molecule has 0 amide bonds. The van der Waals surface area contributed by atoms with Crippen LogP contribution in [-0.2, 0) is 0 Å². The van der Waals surface area contributed by atoms with Gasteiger partial charge in [0.05, 0.1) is 22.9 Å². The number of unbranched alkanes of at least 4 members (excludes halogenated alkanes) is 3. The molecule has 2 aliphatic rings. The van der Waals surface area contributed by atoms with Crippen LogP contribution in [0, 0.1) is 5.92 Å². The first-order valence-electron chi connectivity index (χ1n) is 10.0. The largest absolute Gasteiger partial charge is 0.507 e. The lowest BCUT2D eigenvalue weighted by atomic mass is 9.83. The Labute approximate surface area is 156 Å². The zero-order valence-electron chi connectivity index (χ0n) is 15.7. The van der Waals surface area contributed by atoms with Gasteiger partial charge in [0, 0.05) is 5.69 Å². The van der Waals surface area contributed by atoms with E-state index in [2.05, 4.69) is 6.92 Å². The molecule has 26 heavy (non-hydrogen) atoms. The summed E-state index contributed by atoms with van der Waals surface area (Å²) >= 11 is 0. The maximum absolute atomic E-state index is 12.2. The lowest BCUT2D eigenvalue weighted by molar-refractivity contribution is 0.104. The van der Waals surface area contributed by atoms with E-state index in [1.807, 2.05) is 0 Å². The number of phenolic OH excluding ortho intramolecular Hbond substituents is 1. The predicted octanol–water partition coefficient (Wildman–Crippen LogP) is 5.05. The molecule has 3 rings (SSSR count). The Morgan fingerprint density at radius 3 is 2.58 bits per heavy atom. The highest BCUT2D eigenvalue weighted by Crippen LogP contribution is 2.34. The Morgan fingerprint density at radius 2 is 1.85 bits per heavy atom. The first kappa shape index (κ1) is 18.7. The zero-order valence-corrected chi connectivity index (χ0v) is 15.7. The van der Waals surface area contributed by atoms with E-state index in [4.69, 9.17) is 10.7 Å². The van der Waals surface area contributed by atoms with E-state index in [9.17, 15) is 9.90 Å². The number of hydrogen-bond acceptors (Lipinski definition) is 4. The number of rotatable bonds is 6. The summed E-state index contributed by atoms with van der Waals surface area (Å²) in [4.78, 5) is 17.0. The topological polar surface area (TPSA) is 75.7 Å². The van der Waals surface area contributed by atoms with Crippen molar-refractivity contribution in [2.24, 2.45) is 10.9 Å². The average molecular weight is 354 g/mol. The summed E-state index contributed by atoms with van der Waals surface area (Å²) in [7, 11) is 0. The molecule has 0 atom stereocenters. The Hall–Kier alpha value is -2.10. The molecule has 1 fully saturated rings. The predicted molar refractivity (Wildman–Crippen MR) is 107 cm³/mol. The van der Waals surface area contributed by atoms with Crippen LogP contribution in [0.2, 0.25) is 0 Å². The van der Waals surface area contributed by atoms with Crippen LogP contribution in [0.1, 0.15) is 80.6 Å². The average Bonchev–Trinajstić information content (AvgIpc) is 2.65. The summed E-state index contributed by atoms with van der Waals surface area (Å²) in [5.74, 6) is 0.751. The van der Waals surface area contributed by atoms with Gasteiger partial charge >= 0.3 is 0 Å². The monoisotopic (exact) mass is 354 g/mol. The van der Waals surface area contributed by atoms with E-state index in [0.717, 1.165) is 18.8 Å². The number of ketones is 1. The second-order valence-corrected chi connectivity index (χ2v) is 7.66. The minimum atomic E-state index is -0.164. The third kappa shape index (κ3) is 4.17. The Morgan fingerprint density at radius 1 is 1.08 bits per heavy atom. The smallest absolute Gasteiger partial charge is 0.188 e. The standard InChI is InChI=1S/C22H30N2O2/c1-2-3-4-5-6-15-7-9-16(10-8-15)24-18-12-14-19(25)21-17(23)11-13-20(26)22(18)21/h11-16,26H,2-10,23H2,1H3. The highest BCUT2D eigenvalue weighted by atomic mass is 16.3. The van der Waals surface area contributed by atoms with Gasteiger partial charge in [-0.2, -0.15) is 0 Å². The lowest BCUT2D eigenvalue weighted by Gasteiger charge is -2.27. The van der Waals surface area contributed by atoms with Gasteiger partial charge in [-0.3, -0.25) is 9.79 Å². The van der Waals surface area contributed by atoms with Crippen molar-refractivity contribution in [2.75, 3.05) is 5.73 Å². The third-order valence-electron chi connectivity index (χ3n) is 5.71. The Kier molecular flexibility index (Phi) is 6.12. The van der Waals surface area contributed by atoms with E-state index >= 15 is 0 Å². The maximum Gasteiger partial charge on any atom is 0.188 e. The minimum absolute atomic E-state index is 0.0789. The van der Waals surface area contributed by atoms with E-state index in [1.165, 1.54) is 51.0 Å². The zero-order chi connectivity index (χ0) is 18.5. The number of nitrogen functional groups attached to an aromatic ring is 1. The van der Waals surface area contributed by atoms with E-state index < -0.39 is 0 Å². The van der Waals surface area contributed by atoms with Crippen LogP contribution < -0.4 is 5.73 Å². The van der Waals surface area contributed by atoms with E-state index in [0.29, 0.717) is 22.5 Å². The highest BCUT2D eigenvalue weighted by Gasteiger charge is 2.26. The van der Waals surface area contributed by atoms with Crippen LogP contribution in [-0.4, -0.2) is 22.6 Å². The van der Waals surface area contributed by atoms with Crippen molar-refractivity contribution in [1.29, 1.82) is 0 Å². The molecule has 140 valence electrons. The summed E-state index contributed by atoms with van der Waals surface area (Å²) in [6.45, 7) is 2.25. The number of carbonyl (C=O) groups is 1. The number of benzene rings is 1. The quantitative estimate of drug-likeness (QED) is 0.426. The Balaban J connectivity index is 1.66. The molecule has 0 aliphatic heterocycles. The number of nitrogens with two attached hydrogens (primary N) is 1. The van der Waals surface area contributed by atoms with Crippen molar-refractivity contribution >= 4 is 17.2 Å². The van der Waals surface area contributed by atoms with Crippen LogP contribution in [0.5, 0.6) is 5.75 Å². The number of hydrogen-bond donors (Lipinski definition) is 2. The third-order valence-corrected chi connectivity index (χ3v) is 5.71. The SMILES string of the molecule is CCCCCCC1CCC(N=C2C=CC(=O)c3c(N)ccc(O)c32)CC1. The molecule has 0 bridgehead atoms. The van der Waals surface area contributed by atoms with Gasteiger partial charge in [-0.05, 0) is 55.9 Å². The van der Waals surface area contributed by atoms with Gasteiger partial charge < -0.3 is 10.8 Å². The summed E-state index contributed by atoms with van der Waals surface area (Å²) in [6, 6.07) is 3.39. The summed E-state index contributed by atoms with van der Waals surface area (Å²) in [6.07, 6.45) is 14.5. The normalized spacial score (nSPS) is 24.0. The number of fused-ring (bicyclic) bond motifs is 1. The molecule has 0 unspecified atom stereocenters. The summed E-state index contributed by atoms with van der Waals surface area (Å²) < 4.78 is 0. The molecule has 1 saturated carbocycles. The highest BCUT2D eigenvalue weighted by molar-refractivity contribution is 6.26. The molecule has 0 spiro atoms. The van der Waals surface area contributed by atoms with Crippen LogP contribution in [0.25, 0.3) is 0 Å². The van der Waals surface area contributed by atoms with Crippen molar-refractivity contribution in [3.8, 4) is 5.75 Å². The maximum atomic E-state index is 12.2. The molecule has 1 aromatic rings. The fourth-order valence-corrected chi connectivity index (χ4v) is 4.18. The number of aliphatic imine (C=N–C) groups is 1. The molecule has 0 heterocycles. The van der Waals surface area contributed by atoms with Crippen LogP contribution in [0.3, 0.4) is 0 Å². The van der Waals surface area contributed by atoms with Gasteiger partial charge in [-0.15, -0.1) is 0 Å². The fraction of sp³-hybridized carbons (Fsp3) is 0.545. The van der Waals surface area contributed by atoms with Crippen molar-refractivity contribution in [2.45, 2.75) is 70.8 Å². The van der Waals surface area contributed by atoms with E-state index in [-0.39, 0.29) is 17.6 Å². The van der Waals surface area contributed by atoms with Crippen LogP contribution in [0.4, 0.5) is 5.69 Å². The molecule has 0 radical (unpaired) electrons. The number of aromatic hydroxyl groups is 1. The van der Waals surface area contributed by atoms with Crippen molar-refractivity contribution in [1.82, 2.24) is 0 Å². The summed E-state index contributed by atoms with van der Waals surface area (Å²) in [5, 5.41) is 10.3. The van der Waals surface area contributed by atoms with Crippen LogP contribution in [0.15, 0.2) is 29.3 Å². The molecule has 0 aromatic heterocycles. The van der Waals surface area contributed by atoms with Crippen LogP contribution >= 0.6 is 0 Å².